The number of benzene rings is 2. The van der Waals surface area contributed by atoms with Crippen LogP contribution < -0.4 is 0 Å². The average molecular weight is 435 g/mol. The van der Waals surface area contributed by atoms with Crippen molar-refractivity contribution in [1.82, 2.24) is 19.7 Å². The normalized spacial score (nSPS) is 18.9. The third-order valence-electron chi connectivity index (χ3n) is 6.00. The summed E-state index contributed by atoms with van der Waals surface area (Å²) in [6.07, 6.45) is 4.06. The van der Waals surface area contributed by atoms with Crippen LogP contribution in [0.15, 0.2) is 59.8 Å². The minimum Gasteiger partial charge on any atom is -0.337 e. The summed E-state index contributed by atoms with van der Waals surface area (Å²) in [6, 6.07) is 19.3. The SMILES string of the molecule is Cc1ccc(-n2c(Cc3ccccc3)nnc2SCC(=O)N2[C@H](C)CCC[C@@H]2C)cc1. The lowest BCUT2D eigenvalue weighted by Gasteiger charge is -2.39. The quantitative estimate of drug-likeness (QED) is 0.510. The molecule has 2 heterocycles. The Labute approximate surface area is 188 Å². The van der Waals surface area contributed by atoms with Crippen LogP contribution in [0.1, 0.15) is 50.1 Å². The van der Waals surface area contributed by atoms with Crippen molar-refractivity contribution in [1.29, 1.82) is 0 Å². The van der Waals surface area contributed by atoms with Crippen molar-refractivity contribution >= 4 is 17.7 Å². The van der Waals surface area contributed by atoms with Gasteiger partial charge in [-0.2, -0.15) is 0 Å². The maximum Gasteiger partial charge on any atom is 0.233 e. The molecule has 1 aliphatic heterocycles. The fraction of sp³-hybridized carbons (Fsp3) is 0.400. The molecule has 6 heteroatoms. The summed E-state index contributed by atoms with van der Waals surface area (Å²) < 4.78 is 2.09. The van der Waals surface area contributed by atoms with E-state index < -0.39 is 0 Å². The molecule has 31 heavy (non-hydrogen) atoms. The molecule has 0 unspecified atom stereocenters. The van der Waals surface area contributed by atoms with Gasteiger partial charge in [-0.05, 0) is 57.7 Å². The van der Waals surface area contributed by atoms with Gasteiger partial charge in [0.05, 0.1) is 5.75 Å². The van der Waals surface area contributed by atoms with Crippen molar-refractivity contribution in [2.75, 3.05) is 5.75 Å². The molecule has 1 saturated heterocycles. The fourth-order valence-corrected chi connectivity index (χ4v) is 5.19. The fourth-order valence-electron chi connectivity index (χ4n) is 4.35. The number of rotatable bonds is 6. The molecule has 0 N–H and O–H groups in total. The number of hydrogen-bond acceptors (Lipinski definition) is 4. The van der Waals surface area contributed by atoms with Crippen LogP contribution in [0.3, 0.4) is 0 Å². The molecule has 5 nitrogen and oxygen atoms in total. The Hall–Kier alpha value is -2.60. The number of amides is 1. The van der Waals surface area contributed by atoms with Gasteiger partial charge in [0.15, 0.2) is 5.16 Å². The molecule has 1 aromatic heterocycles. The van der Waals surface area contributed by atoms with E-state index in [1.54, 1.807) is 0 Å². The number of aromatic nitrogens is 3. The molecule has 4 rings (SSSR count). The number of piperidine rings is 1. The van der Waals surface area contributed by atoms with Gasteiger partial charge in [0.25, 0.3) is 0 Å². The number of hydrogen-bond donors (Lipinski definition) is 0. The lowest BCUT2D eigenvalue weighted by atomic mass is 9.98. The molecular weight excluding hydrogens is 404 g/mol. The summed E-state index contributed by atoms with van der Waals surface area (Å²) in [5, 5.41) is 9.73. The summed E-state index contributed by atoms with van der Waals surface area (Å²) in [7, 11) is 0. The van der Waals surface area contributed by atoms with Gasteiger partial charge in [-0.15, -0.1) is 10.2 Å². The van der Waals surface area contributed by atoms with E-state index in [0.29, 0.717) is 24.3 Å². The van der Waals surface area contributed by atoms with Crippen molar-refractivity contribution in [3.05, 3.63) is 71.5 Å². The van der Waals surface area contributed by atoms with Crippen LogP contribution in [0, 0.1) is 6.92 Å². The summed E-state index contributed by atoms with van der Waals surface area (Å²) in [4.78, 5) is 15.1. The maximum absolute atomic E-state index is 13.0. The van der Waals surface area contributed by atoms with E-state index in [1.807, 2.05) is 18.2 Å². The summed E-state index contributed by atoms with van der Waals surface area (Å²) in [5.41, 5.74) is 3.42. The molecule has 3 aromatic rings. The van der Waals surface area contributed by atoms with Crippen molar-refractivity contribution in [2.45, 2.75) is 63.7 Å². The van der Waals surface area contributed by atoms with Crippen LogP contribution in [-0.4, -0.2) is 43.4 Å². The van der Waals surface area contributed by atoms with Gasteiger partial charge >= 0.3 is 0 Å². The molecule has 1 amide bonds. The first-order valence-corrected chi connectivity index (χ1v) is 12.0. The molecule has 1 fully saturated rings. The highest BCUT2D eigenvalue weighted by atomic mass is 32.2. The predicted molar refractivity (Wildman–Crippen MR) is 126 cm³/mol. The number of carbonyl (C=O) groups excluding carboxylic acids is 1. The molecule has 162 valence electrons. The lowest BCUT2D eigenvalue weighted by molar-refractivity contribution is -0.134. The van der Waals surface area contributed by atoms with Crippen LogP contribution in [-0.2, 0) is 11.2 Å². The highest BCUT2D eigenvalue weighted by Gasteiger charge is 2.29. The Morgan fingerprint density at radius 2 is 1.68 bits per heavy atom. The van der Waals surface area contributed by atoms with Crippen molar-refractivity contribution in [2.24, 2.45) is 0 Å². The number of thioether (sulfide) groups is 1. The summed E-state index contributed by atoms with van der Waals surface area (Å²) in [5.74, 6) is 1.45. The summed E-state index contributed by atoms with van der Waals surface area (Å²) in [6.45, 7) is 6.39. The maximum atomic E-state index is 13.0. The van der Waals surface area contributed by atoms with Crippen LogP contribution in [0.5, 0.6) is 0 Å². The van der Waals surface area contributed by atoms with Crippen LogP contribution in [0.2, 0.25) is 0 Å². The van der Waals surface area contributed by atoms with Gasteiger partial charge in [-0.1, -0.05) is 59.8 Å². The molecule has 0 spiro atoms. The third kappa shape index (κ3) is 5.01. The van der Waals surface area contributed by atoms with Gasteiger partial charge in [0, 0.05) is 24.2 Å². The van der Waals surface area contributed by atoms with E-state index in [0.717, 1.165) is 29.5 Å². The van der Waals surface area contributed by atoms with Gasteiger partial charge in [0.2, 0.25) is 5.91 Å². The first kappa shape index (κ1) is 21.6. The van der Waals surface area contributed by atoms with Crippen molar-refractivity contribution < 1.29 is 4.79 Å². The number of carbonyl (C=O) groups is 1. The van der Waals surface area contributed by atoms with Crippen molar-refractivity contribution in [3.63, 3.8) is 0 Å². The van der Waals surface area contributed by atoms with Crippen LogP contribution >= 0.6 is 11.8 Å². The average Bonchev–Trinajstić information content (AvgIpc) is 3.16. The molecule has 0 aliphatic carbocycles. The lowest BCUT2D eigenvalue weighted by Crippen LogP contribution is -2.48. The zero-order chi connectivity index (χ0) is 21.8. The molecule has 1 aliphatic rings. The minimum atomic E-state index is 0.188. The standard InChI is InChI=1S/C25H30N4OS/c1-18-12-14-22(15-13-18)29-23(16-21-10-5-4-6-11-21)26-27-25(29)31-17-24(30)28-19(2)8-7-9-20(28)3/h4-6,10-15,19-20H,7-9,16-17H2,1-3H3/t19-,20+. The Balaban J connectivity index is 1.58. The molecule has 2 atom stereocenters. The number of aryl methyl sites for hydroxylation is 1. The van der Waals surface area contributed by atoms with E-state index >= 15 is 0 Å². The second-order valence-electron chi connectivity index (χ2n) is 8.45. The van der Waals surface area contributed by atoms with E-state index in [9.17, 15) is 4.79 Å². The number of likely N-dealkylation sites (tertiary alicyclic amines) is 1. The van der Waals surface area contributed by atoms with Gasteiger partial charge in [-0.3, -0.25) is 9.36 Å². The van der Waals surface area contributed by atoms with E-state index in [-0.39, 0.29) is 5.91 Å². The Kier molecular flexibility index (Phi) is 6.76. The second kappa shape index (κ2) is 9.69. The first-order valence-electron chi connectivity index (χ1n) is 11.0. The van der Waals surface area contributed by atoms with Gasteiger partial charge in [0.1, 0.15) is 5.82 Å². The highest BCUT2D eigenvalue weighted by molar-refractivity contribution is 7.99. The second-order valence-corrected chi connectivity index (χ2v) is 9.39. The molecule has 2 aromatic carbocycles. The van der Waals surface area contributed by atoms with Crippen LogP contribution in [0.4, 0.5) is 0 Å². The van der Waals surface area contributed by atoms with E-state index in [4.69, 9.17) is 0 Å². The molecule has 0 radical (unpaired) electrons. The topological polar surface area (TPSA) is 51.0 Å². The van der Waals surface area contributed by atoms with E-state index in [1.165, 1.54) is 29.3 Å². The Morgan fingerprint density at radius 1 is 1.00 bits per heavy atom. The van der Waals surface area contributed by atoms with Crippen molar-refractivity contribution in [3.8, 4) is 5.69 Å². The Morgan fingerprint density at radius 3 is 2.35 bits per heavy atom. The molecule has 0 saturated carbocycles. The third-order valence-corrected chi connectivity index (χ3v) is 6.92. The highest BCUT2D eigenvalue weighted by Crippen LogP contribution is 2.27. The smallest absolute Gasteiger partial charge is 0.233 e. The minimum absolute atomic E-state index is 0.188. The first-order chi connectivity index (χ1) is 15.0. The zero-order valence-electron chi connectivity index (χ0n) is 18.5. The van der Waals surface area contributed by atoms with Crippen LogP contribution in [0.25, 0.3) is 5.69 Å². The predicted octanol–water partition coefficient (Wildman–Crippen LogP) is 5.05. The van der Waals surface area contributed by atoms with Gasteiger partial charge in [-0.25, -0.2) is 0 Å². The monoisotopic (exact) mass is 434 g/mol. The van der Waals surface area contributed by atoms with E-state index in [2.05, 4.69) is 76.8 Å². The largest absolute Gasteiger partial charge is 0.337 e. The summed E-state index contributed by atoms with van der Waals surface area (Å²) >= 11 is 1.48. The Bertz CT molecular complexity index is 1010. The zero-order valence-corrected chi connectivity index (χ0v) is 19.3. The number of nitrogens with zero attached hydrogens (tertiary/aromatic N) is 4. The van der Waals surface area contributed by atoms with Gasteiger partial charge < -0.3 is 4.90 Å². The molecule has 0 bridgehead atoms. The molecular formula is C25H30N4OS.